The zero-order valence-corrected chi connectivity index (χ0v) is 16.6. The predicted molar refractivity (Wildman–Crippen MR) is 103 cm³/mol. The fraction of sp³-hybridized carbons (Fsp3) is 0.444. The Hall–Kier alpha value is -1.77. The number of carbonyl (C=O) groups is 1. The van der Waals surface area contributed by atoms with Crippen LogP contribution in [0.25, 0.3) is 0 Å². The highest BCUT2D eigenvalue weighted by Crippen LogP contribution is 2.23. The molecule has 2 aromatic rings. The van der Waals surface area contributed by atoms with E-state index in [9.17, 15) is 13.2 Å². The zero-order valence-electron chi connectivity index (χ0n) is 14.9. The number of nitrogens with zero attached hydrogens (tertiary/aromatic N) is 2. The lowest BCUT2D eigenvalue weighted by atomic mass is 10.2. The molecule has 1 aromatic heterocycles. The number of hydrogen-bond donors (Lipinski definition) is 1. The van der Waals surface area contributed by atoms with Gasteiger partial charge in [0.1, 0.15) is 0 Å². The number of amides is 1. The Kier molecular flexibility index (Phi) is 5.74. The van der Waals surface area contributed by atoms with Crippen LogP contribution in [0.5, 0.6) is 0 Å². The number of anilines is 1. The number of piperidine rings is 1. The Bertz CT molecular complexity index is 867. The van der Waals surface area contributed by atoms with Crippen LogP contribution in [0.4, 0.5) is 5.13 Å². The zero-order chi connectivity index (χ0) is 18.7. The third kappa shape index (κ3) is 4.13. The molecule has 26 heavy (non-hydrogen) atoms. The first kappa shape index (κ1) is 19.0. The molecule has 6 nitrogen and oxygen atoms in total. The Balaban J connectivity index is 1.71. The number of benzene rings is 1. The van der Waals surface area contributed by atoms with Crippen molar-refractivity contribution in [2.45, 2.75) is 43.9 Å². The number of hydrogen-bond acceptors (Lipinski definition) is 5. The second-order valence-corrected chi connectivity index (χ2v) is 9.47. The highest BCUT2D eigenvalue weighted by atomic mass is 32.2. The highest BCUT2D eigenvalue weighted by Gasteiger charge is 2.26. The smallest absolute Gasteiger partial charge is 0.257 e. The standard InChI is InChI=1S/C18H23N3O3S2/c1-13(2)16-12-25-18(19-16)20-17(22)14-6-8-15(9-7-14)26(23,24)21-10-4-3-5-11-21/h6-9,12-13H,3-5,10-11H2,1-2H3,(H,19,20,22). The molecule has 1 amide bonds. The van der Waals surface area contributed by atoms with Crippen molar-refractivity contribution in [2.24, 2.45) is 0 Å². The second kappa shape index (κ2) is 7.85. The molecule has 0 unspecified atom stereocenters. The average molecular weight is 394 g/mol. The van der Waals surface area contributed by atoms with E-state index in [0.717, 1.165) is 25.0 Å². The van der Waals surface area contributed by atoms with Crippen LogP contribution in [0, 0.1) is 0 Å². The minimum atomic E-state index is -3.48. The molecule has 140 valence electrons. The van der Waals surface area contributed by atoms with Crippen LogP contribution in [0.15, 0.2) is 34.5 Å². The summed E-state index contributed by atoms with van der Waals surface area (Å²) in [6.45, 7) is 5.21. The lowest BCUT2D eigenvalue weighted by Gasteiger charge is -2.25. The molecule has 0 atom stereocenters. The molecular weight excluding hydrogens is 370 g/mol. The number of carbonyl (C=O) groups excluding carboxylic acids is 1. The molecular formula is C18H23N3O3S2. The minimum absolute atomic E-state index is 0.229. The number of sulfonamides is 1. The summed E-state index contributed by atoms with van der Waals surface area (Å²) in [5.74, 6) is 0.00718. The SMILES string of the molecule is CC(C)c1csc(NC(=O)c2ccc(S(=O)(=O)N3CCCCC3)cc2)n1. The topological polar surface area (TPSA) is 79.4 Å². The average Bonchev–Trinajstić information content (AvgIpc) is 3.11. The van der Waals surface area contributed by atoms with Crippen LogP contribution in [0.1, 0.15) is 55.1 Å². The second-order valence-electron chi connectivity index (χ2n) is 6.68. The maximum absolute atomic E-state index is 12.6. The quantitative estimate of drug-likeness (QED) is 0.840. The summed E-state index contributed by atoms with van der Waals surface area (Å²) in [6.07, 6.45) is 2.86. The van der Waals surface area contributed by atoms with Gasteiger partial charge in [0.25, 0.3) is 5.91 Å². The first-order valence-electron chi connectivity index (χ1n) is 8.75. The summed E-state index contributed by atoms with van der Waals surface area (Å²) in [4.78, 5) is 17.0. The van der Waals surface area contributed by atoms with E-state index in [0.29, 0.717) is 29.7 Å². The van der Waals surface area contributed by atoms with Gasteiger partial charge in [0, 0.05) is 24.0 Å². The molecule has 1 N–H and O–H groups in total. The predicted octanol–water partition coefficient (Wildman–Crippen LogP) is 3.69. The van der Waals surface area contributed by atoms with Gasteiger partial charge >= 0.3 is 0 Å². The van der Waals surface area contributed by atoms with Crippen LogP contribution in [-0.4, -0.2) is 36.7 Å². The summed E-state index contributed by atoms with van der Waals surface area (Å²) in [6, 6.07) is 6.09. The van der Waals surface area contributed by atoms with Crippen molar-refractivity contribution in [2.75, 3.05) is 18.4 Å². The van der Waals surface area contributed by atoms with Gasteiger partial charge in [0.15, 0.2) is 5.13 Å². The fourth-order valence-corrected chi connectivity index (χ4v) is 5.19. The van der Waals surface area contributed by atoms with Crippen molar-refractivity contribution < 1.29 is 13.2 Å². The Morgan fingerprint density at radius 1 is 1.15 bits per heavy atom. The van der Waals surface area contributed by atoms with Gasteiger partial charge < -0.3 is 0 Å². The van der Waals surface area contributed by atoms with Gasteiger partial charge in [-0.25, -0.2) is 13.4 Å². The summed E-state index contributed by atoms with van der Waals surface area (Å²) < 4.78 is 26.8. The van der Waals surface area contributed by atoms with E-state index in [1.54, 1.807) is 12.1 Å². The summed E-state index contributed by atoms with van der Waals surface area (Å²) in [7, 11) is -3.48. The maximum Gasteiger partial charge on any atom is 0.257 e. The van der Waals surface area contributed by atoms with E-state index in [-0.39, 0.29) is 10.8 Å². The fourth-order valence-electron chi connectivity index (χ4n) is 2.81. The van der Waals surface area contributed by atoms with Crippen molar-refractivity contribution in [3.63, 3.8) is 0 Å². The van der Waals surface area contributed by atoms with Crippen molar-refractivity contribution in [1.29, 1.82) is 0 Å². The summed E-state index contributed by atoms with van der Waals surface area (Å²) >= 11 is 1.38. The Morgan fingerprint density at radius 2 is 1.81 bits per heavy atom. The van der Waals surface area contributed by atoms with Gasteiger partial charge in [-0.1, -0.05) is 20.3 Å². The van der Waals surface area contributed by atoms with Crippen LogP contribution >= 0.6 is 11.3 Å². The lowest BCUT2D eigenvalue weighted by molar-refractivity contribution is 0.102. The van der Waals surface area contributed by atoms with E-state index < -0.39 is 10.0 Å². The molecule has 0 spiro atoms. The Morgan fingerprint density at radius 3 is 2.38 bits per heavy atom. The van der Waals surface area contributed by atoms with Crippen molar-refractivity contribution in [1.82, 2.24) is 9.29 Å². The molecule has 8 heteroatoms. The largest absolute Gasteiger partial charge is 0.298 e. The molecule has 0 radical (unpaired) electrons. The van der Waals surface area contributed by atoms with Gasteiger partial charge in [-0.2, -0.15) is 4.31 Å². The van der Waals surface area contributed by atoms with E-state index in [1.807, 2.05) is 19.2 Å². The highest BCUT2D eigenvalue weighted by molar-refractivity contribution is 7.89. The van der Waals surface area contributed by atoms with Crippen LogP contribution in [0.2, 0.25) is 0 Å². The number of rotatable bonds is 5. The van der Waals surface area contributed by atoms with Gasteiger partial charge in [0.2, 0.25) is 10.0 Å². The van der Waals surface area contributed by atoms with Gasteiger partial charge in [-0.15, -0.1) is 11.3 Å². The van der Waals surface area contributed by atoms with E-state index in [4.69, 9.17) is 0 Å². The normalized spacial score (nSPS) is 16.0. The van der Waals surface area contributed by atoms with Crippen LogP contribution < -0.4 is 5.32 Å². The monoisotopic (exact) mass is 393 g/mol. The molecule has 0 aliphatic carbocycles. The molecule has 2 heterocycles. The Labute approximate surface area is 158 Å². The molecule has 3 rings (SSSR count). The third-order valence-corrected chi connectivity index (χ3v) is 7.09. The first-order chi connectivity index (χ1) is 12.4. The summed E-state index contributed by atoms with van der Waals surface area (Å²) in [5, 5.41) is 5.23. The van der Waals surface area contributed by atoms with E-state index >= 15 is 0 Å². The molecule has 1 saturated heterocycles. The van der Waals surface area contributed by atoms with Crippen molar-refractivity contribution in [3.05, 3.63) is 40.9 Å². The van der Waals surface area contributed by atoms with E-state index in [2.05, 4.69) is 10.3 Å². The lowest BCUT2D eigenvalue weighted by Crippen LogP contribution is -2.35. The third-order valence-electron chi connectivity index (χ3n) is 4.40. The van der Waals surface area contributed by atoms with Crippen molar-refractivity contribution >= 4 is 32.4 Å². The van der Waals surface area contributed by atoms with Crippen LogP contribution in [0.3, 0.4) is 0 Å². The number of thiazole rings is 1. The molecule has 1 aliphatic rings. The van der Waals surface area contributed by atoms with E-state index in [1.165, 1.54) is 27.8 Å². The molecule has 1 aromatic carbocycles. The number of aromatic nitrogens is 1. The van der Waals surface area contributed by atoms with Crippen molar-refractivity contribution in [3.8, 4) is 0 Å². The van der Waals surface area contributed by atoms with Gasteiger partial charge in [-0.3, -0.25) is 10.1 Å². The molecule has 0 bridgehead atoms. The molecule has 1 aliphatic heterocycles. The molecule has 1 fully saturated rings. The van der Waals surface area contributed by atoms with Gasteiger partial charge in [0.05, 0.1) is 10.6 Å². The number of nitrogens with one attached hydrogen (secondary N) is 1. The maximum atomic E-state index is 12.6. The summed E-state index contributed by atoms with van der Waals surface area (Å²) in [5.41, 5.74) is 1.34. The minimum Gasteiger partial charge on any atom is -0.298 e. The van der Waals surface area contributed by atoms with Crippen LogP contribution in [-0.2, 0) is 10.0 Å². The van der Waals surface area contributed by atoms with Gasteiger partial charge in [-0.05, 0) is 43.0 Å². The first-order valence-corrected chi connectivity index (χ1v) is 11.1. The molecule has 0 saturated carbocycles.